The molecule has 0 aromatic rings. The third kappa shape index (κ3) is 3.59. The highest BCUT2D eigenvalue weighted by molar-refractivity contribution is 5.85. The summed E-state index contributed by atoms with van der Waals surface area (Å²) in [4.78, 5) is 14.4. The average Bonchev–Trinajstić information content (AvgIpc) is 2.74. The van der Waals surface area contributed by atoms with Crippen LogP contribution in [0.5, 0.6) is 0 Å². The number of hydrogen-bond donors (Lipinski definition) is 1. The van der Waals surface area contributed by atoms with E-state index in [2.05, 4.69) is 6.92 Å². The lowest BCUT2D eigenvalue weighted by Gasteiger charge is -2.37. The van der Waals surface area contributed by atoms with Gasteiger partial charge in [0.25, 0.3) is 0 Å². The second kappa shape index (κ2) is 6.73. The molecular formula is C13H25ClN2O2. The average molecular weight is 277 g/mol. The van der Waals surface area contributed by atoms with E-state index >= 15 is 0 Å². The summed E-state index contributed by atoms with van der Waals surface area (Å²) in [5.41, 5.74) is 5.88. The minimum Gasteiger partial charge on any atom is -0.372 e. The van der Waals surface area contributed by atoms with Gasteiger partial charge >= 0.3 is 0 Å². The van der Waals surface area contributed by atoms with Crippen LogP contribution < -0.4 is 5.73 Å². The molecule has 1 heterocycles. The standard InChI is InChI=1S/C13H24N2O2.ClH/c1-3-12-8-15(7-9(2)17-12)13(16)10-4-5-11(14)6-10;/h9-12H,3-8,14H2,1-2H3;1H. The molecule has 2 fully saturated rings. The van der Waals surface area contributed by atoms with Crippen LogP contribution in [-0.4, -0.2) is 42.1 Å². The fraction of sp³-hybridized carbons (Fsp3) is 0.923. The number of amides is 1. The largest absolute Gasteiger partial charge is 0.372 e. The fourth-order valence-corrected chi connectivity index (χ4v) is 2.95. The third-order valence-electron chi connectivity index (χ3n) is 3.92. The van der Waals surface area contributed by atoms with Crippen LogP contribution in [0.2, 0.25) is 0 Å². The van der Waals surface area contributed by atoms with Gasteiger partial charge in [0.1, 0.15) is 0 Å². The van der Waals surface area contributed by atoms with Crippen molar-refractivity contribution in [2.24, 2.45) is 11.7 Å². The molecule has 1 amide bonds. The highest BCUT2D eigenvalue weighted by Gasteiger charge is 2.34. The van der Waals surface area contributed by atoms with Gasteiger partial charge in [0.05, 0.1) is 12.2 Å². The number of carbonyl (C=O) groups is 1. The van der Waals surface area contributed by atoms with Crippen LogP contribution in [0, 0.1) is 5.92 Å². The predicted octanol–water partition coefficient (Wildman–Crippen LogP) is 1.56. The van der Waals surface area contributed by atoms with Crippen LogP contribution in [0.1, 0.15) is 39.5 Å². The lowest BCUT2D eigenvalue weighted by atomic mass is 10.0. The first-order chi connectivity index (χ1) is 8.10. The van der Waals surface area contributed by atoms with Gasteiger partial charge < -0.3 is 15.4 Å². The molecule has 0 aromatic carbocycles. The highest BCUT2D eigenvalue weighted by Crippen LogP contribution is 2.27. The van der Waals surface area contributed by atoms with Gasteiger partial charge in [-0.05, 0) is 32.6 Å². The van der Waals surface area contributed by atoms with Gasteiger partial charge in [0.2, 0.25) is 5.91 Å². The number of carbonyl (C=O) groups excluding carboxylic acids is 1. The lowest BCUT2D eigenvalue weighted by Crippen LogP contribution is -2.50. The zero-order chi connectivity index (χ0) is 12.4. The predicted molar refractivity (Wildman–Crippen MR) is 73.8 cm³/mol. The molecule has 1 saturated heterocycles. The summed E-state index contributed by atoms with van der Waals surface area (Å²) in [6.45, 7) is 5.64. The van der Waals surface area contributed by atoms with E-state index in [9.17, 15) is 4.79 Å². The maximum Gasteiger partial charge on any atom is 0.225 e. The number of halogens is 1. The van der Waals surface area contributed by atoms with Crippen LogP contribution in [0.3, 0.4) is 0 Å². The molecule has 4 unspecified atom stereocenters. The minimum atomic E-state index is 0. The SMILES string of the molecule is CCC1CN(C(=O)C2CCC(N)C2)CC(C)O1.Cl. The maximum atomic E-state index is 12.4. The molecule has 1 aliphatic heterocycles. The molecule has 0 aromatic heterocycles. The Bertz CT molecular complexity index is 288. The van der Waals surface area contributed by atoms with E-state index in [-0.39, 0.29) is 36.6 Å². The normalized spacial score (nSPS) is 36.3. The van der Waals surface area contributed by atoms with Crippen molar-refractivity contribution in [3.8, 4) is 0 Å². The van der Waals surface area contributed by atoms with Crippen molar-refractivity contribution < 1.29 is 9.53 Å². The Balaban J connectivity index is 0.00000162. The highest BCUT2D eigenvalue weighted by atomic mass is 35.5. The molecule has 0 spiro atoms. The van der Waals surface area contributed by atoms with Gasteiger partial charge in [-0.2, -0.15) is 0 Å². The molecule has 1 aliphatic carbocycles. The molecule has 2 rings (SSSR count). The first-order valence-corrected chi connectivity index (χ1v) is 6.80. The molecular weight excluding hydrogens is 252 g/mol. The Morgan fingerprint density at radius 2 is 2.11 bits per heavy atom. The first kappa shape index (κ1) is 15.7. The van der Waals surface area contributed by atoms with Gasteiger partial charge in [-0.3, -0.25) is 4.79 Å². The van der Waals surface area contributed by atoms with Gasteiger partial charge in [-0.15, -0.1) is 12.4 Å². The van der Waals surface area contributed by atoms with E-state index in [4.69, 9.17) is 10.5 Å². The summed E-state index contributed by atoms with van der Waals surface area (Å²) in [5.74, 6) is 0.458. The number of morpholine rings is 1. The van der Waals surface area contributed by atoms with Gasteiger partial charge in [-0.1, -0.05) is 6.92 Å². The molecule has 0 radical (unpaired) electrons. The van der Waals surface area contributed by atoms with Gasteiger partial charge in [0.15, 0.2) is 0 Å². The van der Waals surface area contributed by atoms with Crippen molar-refractivity contribution >= 4 is 18.3 Å². The van der Waals surface area contributed by atoms with E-state index in [1.165, 1.54) is 0 Å². The lowest BCUT2D eigenvalue weighted by molar-refractivity contribution is -0.148. The Morgan fingerprint density at radius 1 is 1.39 bits per heavy atom. The minimum absolute atomic E-state index is 0. The number of rotatable bonds is 2. The maximum absolute atomic E-state index is 12.4. The van der Waals surface area contributed by atoms with Gasteiger partial charge in [0, 0.05) is 25.0 Å². The van der Waals surface area contributed by atoms with Crippen LogP contribution in [-0.2, 0) is 9.53 Å². The number of nitrogens with zero attached hydrogens (tertiary/aromatic N) is 1. The second-order valence-electron chi connectivity index (χ2n) is 5.49. The van der Waals surface area contributed by atoms with Crippen molar-refractivity contribution in [1.29, 1.82) is 0 Å². The van der Waals surface area contributed by atoms with Crippen LogP contribution >= 0.6 is 12.4 Å². The summed E-state index contributed by atoms with van der Waals surface area (Å²) in [6.07, 6.45) is 4.15. The topological polar surface area (TPSA) is 55.6 Å². The van der Waals surface area contributed by atoms with E-state index in [0.717, 1.165) is 38.8 Å². The Labute approximate surface area is 116 Å². The second-order valence-corrected chi connectivity index (χ2v) is 5.49. The van der Waals surface area contributed by atoms with Gasteiger partial charge in [-0.25, -0.2) is 0 Å². The van der Waals surface area contributed by atoms with Crippen LogP contribution in [0.15, 0.2) is 0 Å². The number of hydrogen-bond acceptors (Lipinski definition) is 3. The first-order valence-electron chi connectivity index (χ1n) is 6.80. The summed E-state index contributed by atoms with van der Waals surface area (Å²) in [6, 6.07) is 0.226. The Kier molecular flexibility index (Phi) is 5.89. The molecule has 106 valence electrons. The molecule has 4 atom stereocenters. The monoisotopic (exact) mass is 276 g/mol. The van der Waals surface area contributed by atoms with Crippen molar-refractivity contribution in [3.05, 3.63) is 0 Å². The summed E-state index contributed by atoms with van der Waals surface area (Å²) >= 11 is 0. The molecule has 5 heteroatoms. The zero-order valence-electron chi connectivity index (χ0n) is 11.3. The smallest absolute Gasteiger partial charge is 0.225 e. The fourth-order valence-electron chi connectivity index (χ4n) is 2.95. The van der Waals surface area contributed by atoms with Crippen molar-refractivity contribution in [3.63, 3.8) is 0 Å². The third-order valence-corrected chi connectivity index (χ3v) is 3.92. The molecule has 2 N–H and O–H groups in total. The summed E-state index contributed by atoms with van der Waals surface area (Å²) < 4.78 is 5.78. The van der Waals surface area contributed by atoms with Crippen molar-refractivity contribution in [2.75, 3.05) is 13.1 Å². The summed E-state index contributed by atoms with van der Waals surface area (Å²) in [5, 5.41) is 0. The van der Waals surface area contributed by atoms with E-state index in [1.807, 2.05) is 11.8 Å². The molecule has 4 nitrogen and oxygen atoms in total. The molecule has 0 bridgehead atoms. The molecule has 2 aliphatic rings. The van der Waals surface area contributed by atoms with Crippen molar-refractivity contribution in [1.82, 2.24) is 4.90 Å². The zero-order valence-corrected chi connectivity index (χ0v) is 12.1. The van der Waals surface area contributed by atoms with Crippen LogP contribution in [0.25, 0.3) is 0 Å². The number of nitrogens with two attached hydrogens (primary N) is 1. The van der Waals surface area contributed by atoms with Crippen molar-refractivity contribution in [2.45, 2.75) is 57.8 Å². The van der Waals surface area contributed by atoms with E-state index in [1.54, 1.807) is 0 Å². The quantitative estimate of drug-likeness (QED) is 0.833. The summed E-state index contributed by atoms with van der Waals surface area (Å²) in [7, 11) is 0. The van der Waals surface area contributed by atoms with Crippen LogP contribution in [0.4, 0.5) is 0 Å². The number of ether oxygens (including phenoxy) is 1. The molecule has 1 saturated carbocycles. The van der Waals surface area contributed by atoms with E-state index < -0.39 is 0 Å². The Hall–Kier alpha value is -0.320. The van der Waals surface area contributed by atoms with E-state index in [0.29, 0.717) is 5.91 Å². The Morgan fingerprint density at radius 3 is 2.67 bits per heavy atom. The molecule has 18 heavy (non-hydrogen) atoms.